The van der Waals surface area contributed by atoms with Gasteiger partial charge in [-0.05, 0) is 53.8 Å². The summed E-state index contributed by atoms with van der Waals surface area (Å²) in [5, 5.41) is 1.37. The highest BCUT2D eigenvalue weighted by atomic mass is 79.9. The Bertz CT molecular complexity index is 1010. The maximum absolute atomic E-state index is 5.77. The fourth-order valence-corrected chi connectivity index (χ4v) is 5.45. The Morgan fingerprint density at radius 3 is 2.69 bits per heavy atom. The van der Waals surface area contributed by atoms with Crippen molar-refractivity contribution in [2.75, 3.05) is 20.3 Å². The van der Waals surface area contributed by atoms with E-state index >= 15 is 0 Å². The van der Waals surface area contributed by atoms with Gasteiger partial charge in [0.2, 0.25) is 0 Å². The van der Waals surface area contributed by atoms with Crippen LogP contribution in [0.25, 0.3) is 10.9 Å². The first kappa shape index (κ1) is 16.4. The predicted octanol–water partition coefficient (Wildman–Crippen LogP) is 4.95. The van der Waals surface area contributed by atoms with Crippen LogP contribution in [-0.2, 0) is 23.6 Å². The van der Waals surface area contributed by atoms with Gasteiger partial charge in [-0.2, -0.15) is 0 Å². The van der Waals surface area contributed by atoms with Crippen LogP contribution >= 0.6 is 15.9 Å². The molecule has 1 aliphatic carbocycles. The fourth-order valence-electron chi connectivity index (χ4n) is 5.10. The third-order valence-electron chi connectivity index (χ3n) is 6.27. The number of ether oxygens (including phenoxy) is 2. The Labute approximate surface area is 162 Å². The van der Waals surface area contributed by atoms with Crippen molar-refractivity contribution in [1.82, 2.24) is 4.57 Å². The molecule has 0 saturated carbocycles. The van der Waals surface area contributed by atoms with Gasteiger partial charge >= 0.3 is 0 Å². The van der Waals surface area contributed by atoms with Crippen molar-refractivity contribution in [2.45, 2.75) is 24.7 Å². The number of halogens is 1. The van der Waals surface area contributed by atoms with Gasteiger partial charge in [0, 0.05) is 53.2 Å². The van der Waals surface area contributed by atoms with Crippen molar-refractivity contribution in [2.24, 2.45) is 7.05 Å². The molecule has 0 N–H and O–H groups in total. The molecule has 2 heterocycles. The van der Waals surface area contributed by atoms with Gasteiger partial charge in [-0.25, -0.2) is 0 Å². The van der Waals surface area contributed by atoms with Crippen molar-refractivity contribution in [3.8, 4) is 5.75 Å². The van der Waals surface area contributed by atoms with Crippen molar-refractivity contribution in [3.63, 3.8) is 0 Å². The molecule has 1 spiro atoms. The number of hydrogen-bond acceptors (Lipinski definition) is 2. The van der Waals surface area contributed by atoms with Gasteiger partial charge in [0.05, 0.1) is 7.11 Å². The van der Waals surface area contributed by atoms with Gasteiger partial charge in [0.1, 0.15) is 5.75 Å². The highest BCUT2D eigenvalue weighted by Crippen LogP contribution is 2.51. The van der Waals surface area contributed by atoms with Crippen LogP contribution < -0.4 is 4.74 Å². The number of rotatable bonds is 1. The lowest BCUT2D eigenvalue weighted by Gasteiger charge is -2.43. The molecule has 2 aliphatic rings. The van der Waals surface area contributed by atoms with E-state index in [0.717, 1.165) is 42.7 Å². The number of fused-ring (bicyclic) bond motifs is 6. The Morgan fingerprint density at radius 1 is 1.12 bits per heavy atom. The van der Waals surface area contributed by atoms with E-state index in [1.54, 1.807) is 7.11 Å². The van der Waals surface area contributed by atoms with Crippen molar-refractivity contribution >= 4 is 26.8 Å². The molecule has 0 unspecified atom stereocenters. The largest absolute Gasteiger partial charge is 0.497 e. The Balaban J connectivity index is 1.85. The third-order valence-corrected chi connectivity index (χ3v) is 6.76. The van der Waals surface area contributed by atoms with Gasteiger partial charge in [-0.15, -0.1) is 0 Å². The van der Waals surface area contributed by atoms with E-state index in [4.69, 9.17) is 9.47 Å². The summed E-state index contributed by atoms with van der Waals surface area (Å²) in [5.74, 6) is 0.944. The summed E-state index contributed by atoms with van der Waals surface area (Å²) < 4.78 is 14.9. The summed E-state index contributed by atoms with van der Waals surface area (Å²) in [6, 6.07) is 13.3. The smallest absolute Gasteiger partial charge is 0.119 e. The second-order valence-corrected chi connectivity index (χ2v) is 8.36. The Hall–Kier alpha value is -1.78. The highest BCUT2D eigenvalue weighted by Gasteiger charge is 2.45. The first-order chi connectivity index (χ1) is 12.6. The predicted molar refractivity (Wildman–Crippen MR) is 107 cm³/mol. The molecular weight excluding hydrogens is 390 g/mol. The number of methoxy groups -OCH3 is 1. The minimum Gasteiger partial charge on any atom is -0.497 e. The zero-order chi connectivity index (χ0) is 17.9. The molecule has 0 radical (unpaired) electrons. The summed E-state index contributed by atoms with van der Waals surface area (Å²) in [4.78, 5) is 0. The zero-order valence-electron chi connectivity index (χ0n) is 15.1. The number of nitrogens with zero attached hydrogens (tertiary/aromatic N) is 1. The van der Waals surface area contributed by atoms with E-state index in [2.05, 4.69) is 63.9 Å². The molecule has 3 aromatic rings. The minimum atomic E-state index is 0.00987. The molecule has 4 heteroatoms. The molecule has 26 heavy (non-hydrogen) atoms. The third kappa shape index (κ3) is 2.15. The second kappa shape index (κ2) is 5.86. The maximum atomic E-state index is 5.77. The van der Waals surface area contributed by atoms with E-state index in [9.17, 15) is 0 Å². The van der Waals surface area contributed by atoms with Gasteiger partial charge in [0.15, 0.2) is 0 Å². The molecular formula is C22H22BrNO2. The van der Waals surface area contributed by atoms with E-state index in [1.807, 2.05) is 0 Å². The lowest BCUT2D eigenvalue weighted by molar-refractivity contribution is 0.0599. The average molecular weight is 412 g/mol. The van der Waals surface area contributed by atoms with Crippen molar-refractivity contribution < 1.29 is 9.47 Å². The van der Waals surface area contributed by atoms with Crippen LogP contribution in [0.2, 0.25) is 0 Å². The minimum absolute atomic E-state index is 0.00987. The lowest BCUT2D eigenvalue weighted by Crippen LogP contribution is -2.40. The van der Waals surface area contributed by atoms with Crippen LogP contribution in [0.5, 0.6) is 5.75 Å². The normalized spacial score (nSPS) is 18.0. The fraction of sp³-hybridized carbons (Fsp3) is 0.364. The number of aromatic nitrogens is 1. The summed E-state index contributed by atoms with van der Waals surface area (Å²) in [7, 11) is 3.97. The molecule has 1 fully saturated rings. The van der Waals surface area contributed by atoms with Crippen LogP contribution in [-0.4, -0.2) is 24.9 Å². The van der Waals surface area contributed by atoms with E-state index < -0.39 is 0 Å². The molecule has 0 amide bonds. The summed E-state index contributed by atoms with van der Waals surface area (Å²) in [6.07, 6.45) is 3.02. The number of aryl methyl sites for hydroxylation is 1. The zero-order valence-corrected chi connectivity index (χ0v) is 16.7. The molecule has 5 rings (SSSR count). The monoisotopic (exact) mass is 411 g/mol. The van der Waals surface area contributed by atoms with E-state index in [0.29, 0.717) is 0 Å². The first-order valence-electron chi connectivity index (χ1n) is 9.16. The topological polar surface area (TPSA) is 23.4 Å². The Morgan fingerprint density at radius 2 is 1.92 bits per heavy atom. The van der Waals surface area contributed by atoms with Gasteiger partial charge in [-0.1, -0.05) is 28.1 Å². The van der Waals surface area contributed by atoms with Crippen LogP contribution in [0, 0.1) is 0 Å². The highest BCUT2D eigenvalue weighted by molar-refractivity contribution is 9.10. The maximum Gasteiger partial charge on any atom is 0.119 e. The molecule has 2 aromatic carbocycles. The van der Waals surface area contributed by atoms with Crippen LogP contribution in [0.3, 0.4) is 0 Å². The summed E-state index contributed by atoms with van der Waals surface area (Å²) in [5.41, 5.74) is 7.11. The van der Waals surface area contributed by atoms with E-state index in [-0.39, 0.29) is 5.41 Å². The lowest BCUT2D eigenvalue weighted by atomic mass is 9.65. The molecule has 1 aromatic heterocycles. The molecule has 0 bridgehead atoms. The molecule has 1 aliphatic heterocycles. The second-order valence-electron chi connectivity index (χ2n) is 7.44. The average Bonchev–Trinajstić information content (AvgIpc) is 2.95. The van der Waals surface area contributed by atoms with Crippen molar-refractivity contribution in [3.05, 3.63) is 63.3 Å². The molecule has 1 saturated heterocycles. The van der Waals surface area contributed by atoms with Gasteiger partial charge < -0.3 is 14.0 Å². The molecule has 134 valence electrons. The quantitative estimate of drug-likeness (QED) is 0.565. The van der Waals surface area contributed by atoms with Gasteiger partial charge in [0.25, 0.3) is 0 Å². The van der Waals surface area contributed by atoms with Crippen LogP contribution in [0.15, 0.2) is 40.9 Å². The first-order valence-corrected chi connectivity index (χ1v) is 9.96. The van der Waals surface area contributed by atoms with Crippen molar-refractivity contribution in [1.29, 1.82) is 0 Å². The molecule has 3 nitrogen and oxygen atoms in total. The number of hydrogen-bond donors (Lipinski definition) is 0. The summed E-state index contributed by atoms with van der Waals surface area (Å²) in [6.45, 7) is 1.61. The van der Waals surface area contributed by atoms with Gasteiger partial charge in [-0.3, -0.25) is 0 Å². The Kier molecular flexibility index (Phi) is 3.70. The SMILES string of the molecule is COc1ccc2c(c1)C1(CCOCC1)c1c(c3ccc(Br)cc3n1C)C2. The summed E-state index contributed by atoms with van der Waals surface area (Å²) >= 11 is 3.64. The standard InChI is InChI=1S/C22H22BrNO2/c1-24-20-12-15(23)4-6-17(20)18-11-14-3-5-16(25-2)13-19(14)22(21(18)24)7-9-26-10-8-22/h3-6,12-13H,7-11H2,1-2H3. The number of benzene rings is 2. The van der Waals surface area contributed by atoms with Crippen LogP contribution in [0.1, 0.15) is 35.2 Å². The van der Waals surface area contributed by atoms with Crippen LogP contribution in [0.4, 0.5) is 0 Å². The van der Waals surface area contributed by atoms with E-state index in [1.165, 1.54) is 33.3 Å². The molecule has 0 atom stereocenters.